The van der Waals surface area contributed by atoms with Crippen molar-refractivity contribution >= 4 is 34.5 Å². The zero-order valence-electron chi connectivity index (χ0n) is 21.6. The van der Waals surface area contributed by atoms with E-state index in [1.54, 1.807) is 49.6 Å². The molecule has 1 aliphatic rings. The van der Waals surface area contributed by atoms with Gasteiger partial charge in [-0.05, 0) is 61.9 Å². The Bertz CT molecular complexity index is 1590. The average Bonchev–Trinajstić information content (AvgIpc) is 2.92. The molecule has 2 heterocycles. The molecule has 8 nitrogen and oxygen atoms in total. The first-order valence-corrected chi connectivity index (χ1v) is 12.5. The minimum atomic E-state index is -0.461. The number of rotatable bonds is 5. The van der Waals surface area contributed by atoms with E-state index in [1.807, 2.05) is 4.90 Å². The molecule has 3 aromatic carbocycles. The van der Waals surface area contributed by atoms with Gasteiger partial charge in [0.1, 0.15) is 17.2 Å². The van der Waals surface area contributed by atoms with Gasteiger partial charge in [0.15, 0.2) is 0 Å². The zero-order chi connectivity index (χ0) is 26.8. The highest BCUT2D eigenvalue weighted by molar-refractivity contribution is 5.97. The number of H-pyrrole nitrogens is 1. The lowest BCUT2D eigenvalue weighted by Crippen LogP contribution is -2.53. The molecule has 0 bridgehead atoms. The molecule has 1 aliphatic heterocycles. The summed E-state index contributed by atoms with van der Waals surface area (Å²) in [5.41, 5.74) is 3.96. The first kappa shape index (κ1) is 25.1. The monoisotopic (exact) mass is 510 g/mol. The molecular formula is C30H30N4O4. The Labute approximate surface area is 220 Å². The van der Waals surface area contributed by atoms with Gasteiger partial charge in [-0.2, -0.15) is 0 Å². The maximum absolute atomic E-state index is 13.3. The molecule has 1 saturated heterocycles. The second-order valence-electron chi connectivity index (χ2n) is 9.58. The summed E-state index contributed by atoms with van der Waals surface area (Å²) >= 11 is 0. The Hall–Kier alpha value is -4.59. The Morgan fingerprint density at radius 2 is 1.89 bits per heavy atom. The minimum Gasteiger partial charge on any atom is -0.507 e. The fraction of sp³-hybridized carbons (Fsp3) is 0.233. The van der Waals surface area contributed by atoms with E-state index >= 15 is 0 Å². The summed E-state index contributed by atoms with van der Waals surface area (Å²) in [6.07, 6.45) is 1.32. The number of anilines is 1. The van der Waals surface area contributed by atoms with Gasteiger partial charge in [0, 0.05) is 48.6 Å². The van der Waals surface area contributed by atoms with Crippen molar-refractivity contribution < 1.29 is 14.6 Å². The smallest absolute Gasteiger partial charge is 0.274 e. The molecule has 38 heavy (non-hydrogen) atoms. The van der Waals surface area contributed by atoms with Crippen LogP contribution in [-0.2, 0) is 0 Å². The number of aliphatic hydroxyl groups is 1. The number of methoxy groups -OCH3 is 1. The Kier molecular flexibility index (Phi) is 6.87. The number of nitrogens with zero attached hydrogens (tertiary/aromatic N) is 3. The van der Waals surface area contributed by atoms with Gasteiger partial charge in [-0.1, -0.05) is 24.3 Å². The third kappa shape index (κ3) is 5.11. The van der Waals surface area contributed by atoms with Gasteiger partial charge >= 0.3 is 0 Å². The second kappa shape index (κ2) is 10.4. The van der Waals surface area contributed by atoms with E-state index in [-0.39, 0.29) is 23.4 Å². The number of piperazine rings is 1. The standard InChI is InChI=1S/C30H30N4O4/c1-19-6-4-8-23(14-19)34-13-12-33(18-20(34)2)30(37)22-10-11-25-26(16-22)32-29(36)27(31-25)17-28(35)21-7-5-9-24(15-21)38-3/h4-11,14-17,20,35H,12-13,18H2,1-3H3,(H,32,36)/t20-/m0/s1. The topological polar surface area (TPSA) is 98.8 Å². The van der Waals surface area contributed by atoms with Gasteiger partial charge in [-0.25, -0.2) is 4.98 Å². The van der Waals surface area contributed by atoms with Crippen molar-refractivity contribution in [2.24, 2.45) is 0 Å². The van der Waals surface area contributed by atoms with Gasteiger partial charge in [0.25, 0.3) is 11.5 Å². The average molecular weight is 511 g/mol. The molecule has 5 rings (SSSR count). The van der Waals surface area contributed by atoms with E-state index in [4.69, 9.17) is 4.74 Å². The van der Waals surface area contributed by atoms with Gasteiger partial charge in [-0.15, -0.1) is 0 Å². The van der Waals surface area contributed by atoms with Gasteiger partial charge in [-0.3, -0.25) is 9.59 Å². The highest BCUT2D eigenvalue weighted by Gasteiger charge is 2.27. The van der Waals surface area contributed by atoms with E-state index in [9.17, 15) is 14.7 Å². The number of aromatic nitrogens is 2. The Morgan fingerprint density at radius 3 is 2.66 bits per heavy atom. The van der Waals surface area contributed by atoms with Crippen LogP contribution in [0, 0.1) is 6.92 Å². The molecule has 0 saturated carbocycles. The number of nitrogens with one attached hydrogen (secondary N) is 1. The van der Waals surface area contributed by atoms with Crippen LogP contribution in [0.5, 0.6) is 5.75 Å². The molecule has 194 valence electrons. The molecule has 0 radical (unpaired) electrons. The molecule has 1 fully saturated rings. The predicted molar refractivity (Wildman–Crippen MR) is 150 cm³/mol. The van der Waals surface area contributed by atoms with Gasteiger partial charge in [0.2, 0.25) is 0 Å². The van der Waals surface area contributed by atoms with Gasteiger partial charge < -0.3 is 24.6 Å². The molecule has 1 aromatic heterocycles. The Morgan fingerprint density at radius 1 is 1.08 bits per heavy atom. The lowest BCUT2D eigenvalue weighted by Gasteiger charge is -2.41. The summed E-state index contributed by atoms with van der Waals surface area (Å²) < 4.78 is 5.19. The number of hydrogen-bond donors (Lipinski definition) is 2. The summed E-state index contributed by atoms with van der Waals surface area (Å²) in [5, 5.41) is 10.5. The van der Waals surface area contributed by atoms with E-state index in [1.165, 1.54) is 17.3 Å². The zero-order valence-corrected chi connectivity index (χ0v) is 21.6. The highest BCUT2D eigenvalue weighted by Crippen LogP contribution is 2.24. The lowest BCUT2D eigenvalue weighted by molar-refractivity contribution is 0.0726. The highest BCUT2D eigenvalue weighted by atomic mass is 16.5. The van der Waals surface area contributed by atoms with Crippen molar-refractivity contribution in [1.82, 2.24) is 14.9 Å². The van der Waals surface area contributed by atoms with Crippen LogP contribution in [-0.4, -0.2) is 58.7 Å². The molecule has 8 heteroatoms. The SMILES string of the molecule is COc1cccc(C(O)=Cc2nc3ccc(C(=O)N4CCN(c5cccc(C)c5)[C@@H](C)C4)cc3[nH]c2=O)c1. The lowest BCUT2D eigenvalue weighted by atomic mass is 10.1. The van der Waals surface area contributed by atoms with Crippen molar-refractivity contribution in [2.45, 2.75) is 19.9 Å². The molecule has 1 amide bonds. The molecule has 0 unspecified atom stereocenters. The minimum absolute atomic E-state index is 0.0676. The maximum atomic E-state index is 13.3. The number of aromatic amines is 1. The van der Waals surface area contributed by atoms with Crippen molar-refractivity contribution in [2.75, 3.05) is 31.6 Å². The van der Waals surface area contributed by atoms with E-state index in [0.29, 0.717) is 41.0 Å². The van der Waals surface area contributed by atoms with Crippen LogP contribution >= 0.6 is 0 Å². The molecule has 2 N–H and O–H groups in total. The van der Waals surface area contributed by atoms with E-state index in [0.717, 1.165) is 6.54 Å². The van der Waals surface area contributed by atoms with Crippen LogP contribution in [0.4, 0.5) is 5.69 Å². The van der Waals surface area contributed by atoms with Crippen molar-refractivity contribution in [3.63, 3.8) is 0 Å². The number of hydrogen-bond acceptors (Lipinski definition) is 6. The number of benzene rings is 3. The number of ether oxygens (including phenoxy) is 1. The fourth-order valence-electron chi connectivity index (χ4n) is 4.84. The summed E-state index contributed by atoms with van der Waals surface area (Å²) in [6.45, 7) is 6.16. The van der Waals surface area contributed by atoms with Crippen LogP contribution in [0.1, 0.15) is 34.1 Å². The quantitative estimate of drug-likeness (QED) is 0.380. The van der Waals surface area contributed by atoms with E-state index in [2.05, 4.69) is 53.0 Å². The van der Waals surface area contributed by atoms with Crippen LogP contribution in [0.25, 0.3) is 22.9 Å². The molecule has 4 aromatic rings. The number of aryl methyl sites for hydroxylation is 1. The van der Waals surface area contributed by atoms with Crippen LogP contribution < -0.4 is 15.2 Å². The number of amides is 1. The van der Waals surface area contributed by atoms with Crippen molar-refractivity contribution in [3.8, 4) is 5.75 Å². The number of carbonyl (C=O) groups excluding carboxylic acids is 1. The van der Waals surface area contributed by atoms with Crippen molar-refractivity contribution in [3.05, 3.63) is 99.5 Å². The maximum Gasteiger partial charge on any atom is 0.274 e. The Balaban J connectivity index is 1.35. The fourth-order valence-corrected chi connectivity index (χ4v) is 4.84. The normalized spacial score (nSPS) is 16.1. The van der Waals surface area contributed by atoms with Crippen molar-refractivity contribution in [1.29, 1.82) is 0 Å². The summed E-state index contributed by atoms with van der Waals surface area (Å²) in [5.74, 6) is 0.404. The first-order chi connectivity index (χ1) is 18.3. The molecule has 0 spiro atoms. The summed E-state index contributed by atoms with van der Waals surface area (Å²) in [7, 11) is 1.54. The largest absolute Gasteiger partial charge is 0.507 e. The molecular weight excluding hydrogens is 480 g/mol. The van der Waals surface area contributed by atoms with Crippen LogP contribution in [0.3, 0.4) is 0 Å². The molecule has 0 aliphatic carbocycles. The van der Waals surface area contributed by atoms with E-state index < -0.39 is 5.56 Å². The number of fused-ring (bicyclic) bond motifs is 1. The number of carbonyl (C=O) groups is 1. The predicted octanol–water partition coefficient (Wildman–Crippen LogP) is 4.65. The van der Waals surface area contributed by atoms with Crippen LogP contribution in [0.2, 0.25) is 0 Å². The van der Waals surface area contributed by atoms with Gasteiger partial charge in [0.05, 0.1) is 18.1 Å². The summed E-state index contributed by atoms with van der Waals surface area (Å²) in [6, 6.07) is 20.6. The summed E-state index contributed by atoms with van der Waals surface area (Å²) in [4.78, 5) is 37.5. The third-order valence-corrected chi connectivity index (χ3v) is 6.85. The van der Waals surface area contributed by atoms with Crippen LogP contribution in [0.15, 0.2) is 71.5 Å². The second-order valence-corrected chi connectivity index (χ2v) is 9.58. The first-order valence-electron chi connectivity index (χ1n) is 12.5. The third-order valence-electron chi connectivity index (χ3n) is 6.85. The number of aliphatic hydroxyl groups excluding tert-OH is 1. The molecule has 1 atom stereocenters.